The normalized spacial score (nSPS) is 21.7. The van der Waals surface area contributed by atoms with Crippen molar-refractivity contribution in [2.75, 3.05) is 19.7 Å². The molecule has 0 amide bonds. The van der Waals surface area contributed by atoms with Gasteiger partial charge in [0.2, 0.25) is 0 Å². The predicted molar refractivity (Wildman–Crippen MR) is 104 cm³/mol. The van der Waals surface area contributed by atoms with Crippen LogP contribution in [0, 0.1) is 5.41 Å². The number of rotatable bonds is 4. The fraction of sp³-hybridized carbons (Fsp3) is 0.429. The van der Waals surface area contributed by atoms with E-state index in [-0.39, 0.29) is 6.10 Å². The Kier molecular flexibility index (Phi) is 4.30. The average molecular weight is 363 g/mol. The molecule has 1 spiro atoms. The Hall–Kier alpha value is -2.44. The van der Waals surface area contributed by atoms with E-state index in [4.69, 9.17) is 4.74 Å². The van der Waals surface area contributed by atoms with Crippen molar-refractivity contribution in [3.8, 4) is 17.1 Å². The first kappa shape index (κ1) is 16.7. The van der Waals surface area contributed by atoms with E-state index in [2.05, 4.69) is 50.4 Å². The molecule has 0 radical (unpaired) electrons. The maximum atomic E-state index is 6.20. The van der Waals surface area contributed by atoms with Gasteiger partial charge in [0.05, 0.1) is 24.9 Å². The molecule has 6 nitrogen and oxygen atoms in total. The Bertz CT molecular complexity index is 895. The Morgan fingerprint density at radius 3 is 2.93 bits per heavy atom. The third-order valence-electron chi connectivity index (χ3n) is 5.94. The Morgan fingerprint density at radius 2 is 2.07 bits per heavy atom. The molecule has 4 heterocycles. The van der Waals surface area contributed by atoms with E-state index in [9.17, 15) is 0 Å². The van der Waals surface area contributed by atoms with Crippen molar-refractivity contribution in [1.29, 1.82) is 0 Å². The summed E-state index contributed by atoms with van der Waals surface area (Å²) in [5.74, 6) is 0.985. The highest BCUT2D eigenvalue weighted by Gasteiger charge is 2.40. The lowest BCUT2D eigenvalue weighted by molar-refractivity contribution is 0.0778. The Morgan fingerprint density at radius 1 is 1.15 bits per heavy atom. The maximum absolute atomic E-state index is 6.20. The SMILES string of the molecule is c1cc(-c2nccn2CC2CC3(CCNCC3)CO2)cc(-n2cccn2)c1. The molecular formula is C21H25N5O. The number of nitrogens with zero attached hydrogens (tertiary/aromatic N) is 4. The van der Waals surface area contributed by atoms with E-state index in [1.54, 1.807) is 6.20 Å². The van der Waals surface area contributed by atoms with Crippen molar-refractivity contribution in [2.45, 2.75) is 31.9 Å². The second kappa shape index (κ2) is 6.94. The molecule has 140 valence electrons. The lowest BCUT2D eigenvalue weighted by Crippen LogP contribution is -2.37. The zero-order valence-corrected chi connectivity index (χ0v) is 15.4. The van der Waals surface area contributed by atoms with Crippen molar-refractivity contribution in [3.05, 3.63) is 55.1 Å². The number of benzene rings is 1. The van der Waals surface area contributed by atoms with Crippen molar-refractivity contribution in [1.82, 2.24) is 24.6 Å². The fourth-order valence-electron chi connectivity index (χ4n) is 4.46. The Labute approximate surface area is 159 Å². The van der Waals surface area contributed by atoms with Crippen LogP contribution in [0.25, 0.3) is 17.1 Å². The van der Waals surface area contributed by atoms with Gasteiger partial charge in [-0.3, -0.25) is 0 Å². The minimum absolute atomic E-state index is 0.269. The Balaban J connectivity index is 1.35. The lowest BCUT2D eigenvalue weighted by atomic mass is 9.77. The van der Waals surface area contributed by atoms with Gasteiger partial charge in [-0.05, 0) is 56.0 Å². The smallest absolute Gasteiger partial charge is 0.140 e. The first-order chi connectivity index (χ1) is 13.3. The highest BCUT2D eigenvalue weighted by molar-refractivity contribution is 5.59. The van der Waals surface area contributed by atoms with Gasteiger partial charge in [0.1, 0.15) is 5.82 Å². The van der Waals surface area contributed by atoms with E-state index in [0.29, 0.717) is 5.41 Å². The largest absolute Gasteiger partial charge is 0.376 e. The van der Waals surface area contributed by atoms with Crippen molar-refractivity contribution < 1.29 is 4.74 Å². The summed E-state index contributed by atoms with van der Waals surface area (Å²) >= 11 is 0. The monoisotopic (exact) mass is 363 g/mol. The molecule has 0 saturated carbocycles. The van der Waals surface area contributed by atoms with Crippen LogP contribution in [0.3, 0.4) is 0 Å². The second-order valence-electron chi connectivity index (χ2n) is 7.79. The molecule has 2 fully saturated rings. The molecule has 1 aromatic carbocycles. The van der Waals surface area contributed by atoms with Gasteiger partial charge in [-0.25, -0.2) is 9.67 Å². The lowest BCUT2D eigenvalue weighted by Gasteiger charge is -2.32. The number of imidazole rings is 1. The number of nitrogens with one attached hydrogen (secondary N) is 1. The van der Waals surface area contributed by atoms with Crippen LogP contribution in [0.5, 0.6) is 0 Å². The molecule has 2 aliphatic heterocycles. The number of aromatic nitrogens is 4. The maximum Gasteiger partial charge on any atom is 0.140 e. The van der Waals surface area contributed by atoms with Crippen LogP contribution in [0.15, 0.2) is 55.1 Å². The number of ether oxygens (including phenoxy) is 1. The average Bonchev–Trinajstić information content (AvgIpc) is 3.45. The van der Waals surface area contributed by atoms with Gasteiger partial charge in [-0.2, -0.15) is 5.10 Å². The molecule has 2 aromatic heterocycles. The van der Waals surface area contributed by atoms with E-state index in [0.717, 1.165) is 49.7 Å². The van der Waals surface area contributed by atoms with Crippen LogP contribution in [0.4, 0.5) is 0 Å². The molecule has 0 aliphatic carbocycles. The number of hydrogen-bond donors (Lipinski definition) is 1. The highest BCUT2D eigenvalue weighted by Crippen LogP contribution is 2.41. The molecule has 27 heavy (non-hydrogen) atoms. The molecule has 2 saturated heterocycles. The first-order valence-corrected chi connectivity index (χ1v) is 9.75. The zero-order valence-electron chi connectivity index (χ0n) is 15.4. The summed E-state index contributed by atoms with van der Waals surface area (Å²) in [4.78, 5) is 4.62. The van der Waals surface area contributed by atoms with Crippen molar-refractivity contribution in [3.63, 3.8) is 0 Å². The number of hydrogen-bond acceptors (Lipinski definition) is 4. The van der Waals surface area contributed by atoms with Gasteiger partial charge in [0.25, 0.3) is 0 Å². The molecule has 6 heteroatoms. The van der Waals surface area contributed by atoms with Crippen LogP contribution in [0.1, 0.15) is 19.3 Å². The molecule has 2 aliphatic rings. The molecule has 1 unspecified atom stereocenters. The van der Waals surface area contributed by atoms with Crippen molar-refractivity contribution in [2.24, 2.45) is 5.41 Å². The summed E-state index contributed by atoms with van der Waals surface area (Å²) < 4.78 is 10.3. The van der Waals surface area contributed by atoms with Gasteiger partial charge in [-0.15, -0.1) is 0 Å². The minimum Gasteiger partial charge on any atom is -0.376 e. The first-order valence-electron chi connectivity index (χ1n) is 9.75. The van der Waals surface area contributed by atoms with Crippen LogP contribution in [-0.2, 0) is 11.3 Å². The summed E-state index contributed by atoms with van der Waals surface area (Å²) in [5.41, 5.74) is 2.52. The third-order valence-corrected chi connectivity index (χ3v) is 5.94. The van der Waals surface area contributed by atoms with Gasteiger partial charge in [-0.1, -0.05) is 12.1 Å². The van der Waals surface area contributed by atoms with Gasteiger partial charge < -0.3 is 14.6 Å². The van der Waals surface area contributed by atoms with E-state index >= 15 is 0 Å². The van der Waals surface area contributed by atoms with Crippen LogP contribution in [-0.4, -0.2) is 45.1 Å². The van der Waals surface area contributed by atoms with Gasteiger partial charge in [0, 0.05) is 30.4 Å². The van der Waals surface area contributed by atoms with Gasteiger partial charge in [0.15, 0.2) is 0 Å². The second-order valence-corrected chi connectivity index (χ2v) is 7.79. The van der Waals surface area contributed by atoms with E-state index in [1.807, 2.05) is 23.1 Å². The molecule has 0 bridgehead atoms. The fourth-order valence-corrected chi connectivity index (χ4v) is 4.46. The quantitative estimate of drug-likeness (QED) is 0.774. The minimum atomic E-state index is 0.269. The number of piperidine rings is 1. The molecule has 1 N–H and O–H groups in total. The highest BCUT2D eigenvalue weighted by atomic mass is 16.5. The van der Waals surface area contributed by atoms with Crippen LogP contribution < -0.4 is 5.32 Å². The molecular weight excluding hydrogens is 338 g/mol. The van der Waals surface area contributed by atoms with Crippen molar-refractivity contribution >= 4 is 0 Å². The molecule has 1 atom stereocenters. The van der Waals surface area contributed by atoms with Crippen LogP contribution >= 0.6 is 0 Å². The van der Waals surface area contributed by atoms with Crippen LogP contribution in [0.2, 0.25) is 0 Å². The third kappa shape index (κ3) is 3.31. The molecule has 5 rings (SSSR count). The van der Waals surface area contributed by atoms with Gasteiger partial charge >= 0.3 is 0 Å². The topological polar surface area (TPSA) is 56.9 Å². The van der Waals surface area contributed by atoms with E-state index in [1.165, 1.54) is 12.8 Å². The summed E-state index contributed by atoms with van der Waals surface area (Å²) in [6, 6.07) is 10.3. The zero-order chi connectivity index (χ0) is 18.1. The summed E-state index contributed by atoms with van der Waals surface area (Å²) in [6.07, 6.45) is 11.6. The predicted octanol–water partition coefficient (Wildman–Crippen LogP) is 2.89. The molecule has 3 aromatic rings. The summed E-state index contributed by atoms with van der Waals surface area (Å²) in [5, 5.41) is 7.79. The summed E-state index contributed by atoms with van der Waals surface area (Å²) in [6.45, 7) is 3.99. The van der Waals surface area contributed by atoms with E-state index < -0.39 is 0 Å². The standard InChI is InChI=1S/C21H25N5O/c1-3-17(13-18(4-1)26-11-2-7-24-26)20-23-10-12-25(20)15-19-14-21(16-27-19)5-8-22-9-6-21/h1-4,7,10-13,19,22H,5-6,8-9,14-16H2. The summed E-state index contributed by atoms with van der Waals surface area (Å²) in [7, 11) is 0.